The highest BCUT2D eigenvalue weighted by Crippen LogP contribution is 2.30. The summed E-state index contributed by atoms with van der Waals surface area (Å²) in [6.07, 6.45) is 5.47. The summed E-state index contributed by atoms with van der Waals surface area (Å²) in [5, 5.41) is 17.5. The number of hydrogen-bond donors (Lipinski definition) is 2. The van der Waals surface area contributed by atoms with Gasteiger partial charge in [0, 0.05) is 24.7 Å². The van der Waals surface area contributed by atoms with Crippen LogP contribution < -0.4 is 0 Å². The number of halogens is 1. The lowest BCUT2D eigenvalue weighted by atomic mass is 9.90. The van der Waals surface area contributed by atoms with Gasteiger partial charge in [0.05, 0.1) is 11.2 Å². The van der Waals surface area contributed by atoms with E-state index in [4.69, 9.17) is 11.6 Å². The van der Waals surface area contributed by atoms with E-state index in [1.165, 1.54) is 24.1 Å². The van der Waals surface area contributed by atoms with Gasteiger partial charge >= 0.3 is 0 Å². The minimum atomic E-state index is 0.146. The minimum absolute atomic E-state index is 0.146. The van der Waals surface area contributed by atoms with Crippen LogP contribution in [0.2, 0.25) is 5.02 Å². The van der Waals surface area contributed by atoms with Crippen molar-refractivity contribution in [1.29, 1.82) is 0 Å². The minimum Gasteiger partial charge on any atom is -0.506 e. The van der Waals surface area contributed by atoms with Gasteiger partial charge < -0.3 is 5.11 Å². The molecule has 0 unspecified atom stereocenters. The van der Waals surface area contributed by atoms with Crippen molar-refractivity contribution >= 4 is 11.6 Å². The molecule has 1 saturated heterocycles. The van der Waals surface area contributed by atoms with E-state index in [1.807, 2.05) is 18.3 Å². The zero-order chi connectivity index (χ0) is 17.1. The van der Waals surface area contributed by atoms with E-state index in [0.717, 1.165) is 31.6 Å². The second kappa shape index (κ2) is 7.58. The van der Waals surface area contributed by atoms with Gasteiger partial charge in [-0.05, 0) is 55.0 Å². The smallest absolute Gasteiger partial charge is 0.134 e. The fraction of sp³-hybridized carbons (Fsp3) is 0.526. The maximum Gasteiger partial charge on any atom is 0.134 e. The summed E-state index contributed by atoms with van der Waals surface area (Å²) >= 11 is 6.03. The first kappa shape index (κ1) is 17.3. The number of phenols is 1. The SMILES string of the molecule is CC(C)Cc1cn[nH]c1[C@H]1CCCN(Cc2ccc(O)c(Cl)c2)C1. The average Bonchev–Trinajstić information content (AvgIpc) is 2.98. The van der Waals surface area contributed by atoms with Crippen molar-refractivity contribution in [3.8, 4) is 5.75 Å². The second-order valence-corrected chi connectivity index (χ2v) is 7.67. The van der Waals surface area contributed by atoms with Gasteiger partial charge in [-0.3, -0.25) is 10.00 Å². The predicted octanol–water partition coefficient (Wildman–Crippen LogP) is 4.35. The topological polar surface area (TPSA) is 52.2 Å². The molecule has 0 amide bonds. The molecule has 2 heterocycles. The maximum absolute atomic E-state index is 9.56. The van der Waals surface area contributed by atoms with Crippen LogP contribution in [0.15, 0.2) is 24.4 Å². The van der Waals surface area contributed by atoms with Crippen molar-refractivity contribution in [3.63, 3.8) is 0 Å². The summed E-state index contributed by atoms with van der Waals surface area (Å²) < 4.78 is 0. The van der Waals surface area contributed by atoms with E-state index < -0.39 is 0 Å². The molecule has 24 heavy (non-hydrogen) atoms. The van der Waals surface area contributed by atoms with Crippen LogP contribution in [0.4, 0.5) is 0 Å². The molecular formula is C19H26ClN3O. The maximum atomic E-state index is 9.56. The molecule has 1 aliphatic rings. The molecule has 0 saturated carbocycles. The van der Waals surface area contributed by atoms with Crippen molar-refractivity contribution in [2.45, 2.75) is 45.6 Å². The van der Waals surface area contributed by atoms with E-state index in [2.05, 4.69) is 28.9 Å². The summed E-state index contributed by atoms with van der Waals surface area (Å²) in [6.45, 7) is 7.50. The number of benzene rings is 1. The first-order valence-corrected chi connectivity index (χ1v) is 9.12. The Labute approximate surface area is 148 Å². The standard InChI is InChI=1S/C19H26ClN3O/c1-13(2)8-16-10-21-22-19(16)15-4-3-7-23(12-15)11-14-5-6-18(24)17(20)9-14/h5-6,9-10,13,15,24H,3-4,7-8,11-12H2,1-2H3,(H,21,22)/t15-/m0/s1. The third-order valence-corrected chi connectivity index (χ3v) is 5.01. The molecule has 1 fully saturated rings. The number of piperidine rings is 1. The molecule has 1 aliphatic heterocycles. The third kappa shape index (κ3) is 4.11. The number of hydrogen-bond acceptors (Lipinski definition) is 3. The fourth-order valence-electron chi connectivity index (χ4n) is 3.62. The van der Waals surface area contributed by atoms with Crippen LogP contribution in [0.25, 0.3) is 0 Å². The molecule has 130 valence electrons. The lowest BCUT2D eigenvalue weighted by Crippen LogP contribution is -2.34. The molecule has 2 N–H and O–H groups in total. The van der Waals surface area contributed by atoms with E-state index in [0.29, 0.717) is 16.9 Å². The molecular weight excluding hydrogens is 322 g/mol. The molecule has 5 heteroatoms. The molecule has 2 aromatic rings. The van der Waals surface area contributed by atoms with Crippen LogP contribution in [0.3, 0.4) is 0 Å². The number of phenolic OH excluding ortho intramolecular Hbond substituents is 1. The van der Waals surface area contributed by atoms with E-state index >= 15 is 0 Å². The van der Waals surface area contributed by atoms with Gasteiger partial charge in [-0.2, -0.15) is 5.10 Å². The third-order valence-electron chi connectivity index (χ3n) is 4.71. The lowest BCUT2D eigenvalue weighted by Gasteiger charge is -2.33. The van der Waals surface area contributed by atoms with Gasteiger partial charge in [-0.15, -0.1) is 0 Å². The summed E-state index contributed by atoms with van der Waals surface area (Å²) in [5.41, 5.74) is 3.83. The molecule has 0 radical (unpaired) electrons. The Bertz CT molecular complexity index is 683. The summed E-state index contributed by atoms with van der Waals surface area (Å²) in [5.74, 6) is 1.30. The zero-order valence-electron chi connectivity index (χ0n) is 14.4. The summed E-state index contributed by atoms with van der Waals surface area (Å²) in [4.78, 5) is 2.47. The van der Waals surface area contributed by atoms with Gasteiger partial charge in [0.25, 0.3) is 0 Å². The van der Waals surface area contributed by atoms with Gasteiger partial charge in [0.1, 0.15) is 5.75 Å². The van der Waals surface area contributed by atoms with E-state index in [9.17, 15) is 5.11 Å². The van der Waals surface area contributed by atoms with Crippen molar-refractivity contribution in [2.75, 3.05) is 13.1 Å². The number of rotatable bonds is 5. The van der Waals surface area contributed by atoms with E-state index in [-0.39, 0.29) is 5.75 Å². The molecule has 0 spiro atoms. The van der Waals surface area contributed by atoms with Crippen molar-refractivity contribution in [1.82, 2.24) is 15.1 Å². The van der Waals surface area contributed by atoms with Crippen molar-refractivity contribution < 1.29 is 5.11 Å². The Morgan fingerprint density at radius 2 is 2.25 bits per heavy atom. The largest absolute Gasteiger partial charge is 0.506 e. The Hall–Kier alpha value is -1.52. The van der Waals surface area contributed by atoms with Crippen LogP contribution in [-0.2, 0) is 13.0 Å². The van der Waals surface area contributed by atoms with Gasteiger partial charge in [0.2, 0.25) is 0 Å². The number of H-pyrrole nitrogens is 1. The highest BCUT2D eigenvalue weighted by molar-refractivity contribution is 6.32. The number of nitrogens with one attached hydrogen (secondary N) is 1. The number of nitrogens with zero attached hydrogens (tertiary/aromatic N) is 2. The number of likely N-dealkylation sites (tertiary alicyclic amines) is 1. The molecule has 0 aliphatic carbocycles. The lowest BCUT2D eigenvalue weighted by molar-refractivity contribution is 0.198. The van der Waals surface area contributed by atoms with Crippen LogP contribution in [0, 0.1) is 5.92 Å². The fourth-order valence-corrected chi connectivity index (χ4v) is 3.82. The van der Waals surface area contributed by atoms with Gasteiger partial charge in [-0.1, -0.05) is 31.5 Å². The second-order valence-electron chi connectivity index (χ2n) is 7.27. The predicted molar refractivity (Wildman–Crippen MR) is 97.5 cm³/mol. The first-order chi connectivity index (χ1) is 11.5. The zero-order valence-corrected chi connectivity index (χ0v) is 15.2. The summed E-state index contributed by atoms with van der Waals surface area (Å²) in [6, 6.07) is 5.49. The molecule has 4 nitrogen and oxygen atoms in total. The Morgan fingerprint density at radius 3 is 3.00 bits per heavy atom. The number of aromatic hydroxyl groups is 1. The Kier molecular flexibility index (Phi) is 5.47. The Morgan fingerprint density at radius 1 is 1.42 bits per heavy atom. The molecule has 0 bridgehead atoms. The van der Waals surface area contributed by atoms with Crippen molar-refractivity contribution in [2.24, 2.45) is 5.92 Å². The van der Waals surface area contributed by atoms with E-state index in [1.54, 1.807) is 6.07 Å². The first-order valence-electron chi connectivity index (χ1n) is 8.75. The van der Waals surface area contributed by atoms with Crippen LogP contribution >= 0.6 is 11.6 Å². The monoisotopic (exact) mass is 347 g/mol. The number of aromatic amines is 1. The molecule has 1 aromatic heterocycles. The van der Waals surface area contributed by atoms with Crippen LogP contribution in [0.1, 0.15) is 49.4 Å². The molecule has 3 rings (SSSR count). The number of aromatic nitrogens is 2. The van der Waals surface area contributed by atoms with Crippen molar-refractivity contribution in [3.05, 3.63) is 46.2 Å². The molecule has 1 atom stereocenters. The van der Waals surface area contributed by atoms with Gasteiger partial charge in [-0.25, -0.2) is 0 Å². The summed E-state index contributed by atoms with van der Waals surface area (Å²) in [7, 11) is 0. The van der Waals surface area contributed by atoms with Gasteiger partial charge in [0.15, 0.2) is 0 Å². The molecule has 1 aromatic carbocycles. The average molecular weight is 348 g/mol. The highest BCUT2D eigenvalue weighted by Gasteiger charge is 2.25. The quantitative estimate of drug-likeness (QED) is 0.845. The highest BCUT2D eigenvalue weighted by atomic mass is 35.5. The Balaban J connectivity index is 1.68. The van der Waals surface area contributed by atoms with Crippen LogP contribution in [-0.4, -0.2) is 33.3 Å². The van der Waals surface area contributed by atoms with Crippen LogP contribution in [0.5, 0.6) is 5.75 Å². The normalized spacial score (nSPS) is 19.1.